The van der Waals surface area contributed by atoms with Crippen LogP contribution >= 0.6 is 0 Å². The topological polar surface area (TPSA) is 72.9 Å². The van der Waals surface area contributed by atoms with Crippen molar-refractivity contribution < 1.29 is 4.79 Å². The van der Waals surface area contributed by atoms with Crippen molar-refractivity contribution in [3.05, 3.63) is 47.3 Å². The third-order valence-corrected chi connectivity index (χ3v) is 3.85. The third kappa shape index (κ3) is 2.90. The molecule has 3 N–H and O–H groups in total. The number of fused-ring (bicyclic) bond motifs is 1. The van der Waals surface area contributed by atoms with Crippen LogP contribution in [0.1, 0.15) is 42.0 Å². The molecule has 2 aromatic rings. The van der Waals surface area contributed by atoms with E-state index < -0.39 is 5.54 Å². The summed E-state index contributed by atoms with van der Waals surface area (Å²) in [6, 6.07) is 9.96. The highest BCUT2D eigenvalue weighted by atomic mass is 16.2. The van der Waals surface area contributed by atoms with Gasteiger partial charge in [0.1, 0.15) is 0 Å². The Labute approximate surface area is 130 Å². The predicted octanol–water partition coefficient (Wildman–Crippen LogP) is 1.83. The molecule has 0 aliphatic heterocycles. The monoisotopic (exact) mass is 298 g/mol. The van der Waals surface area contributed by atoms with E-state index >= 15 is 0 Å². The molecule has 0 saturated heterocycles. The van der Waals surface area contributed by atoms with Crippen LogP contribution in [0.2, 0.25) is 0 Å². The molecule has 0 spiro atoms. The Bertz CT molecular complexity index is 683. The molecule has 1 aliphatic carbocycles. The van der Waals surface area contributed by atoms with Crippen molar-refractivity contribution in [3.8, 4) is 5.69 Å². The van der Waals surface area contributed by atoms with Crippen LogP contribution in [0.5, 0.6) is 0 Å². The second-order valence-electron chi connectivity index (χ2n) is 6.55. The van der Waals surface area contributed by atoms with E-state index in [-0.39, 0.29) is 5.91 Å². The van der Waals surface area contributed by atoms with Gasteiger partial charge in [-0.2, -0.15) is 5.10 Å². The maximum Gasteiger partial charge on any atom is 0.272 e. The molecule has 1 aliphatic rings. The first-order chi connectivity index (χ1) is 10.5. The zero-order valence-corrected chi connectivity index (χ0v) is 13.1. The Kier molecular flexibility index (Phi) is 3.74. The smallest absolute Gasteiger partial charge is 0.272 e. The Morgan fingerprint density at radius 3 is 2.73 bits per heavy atom. The summed E-state index contributed by atoms with van der Waals surface area (Å²) in [7, 11) is 0. The molecule has 1 aromatic heterocycles. The van der Waals surface area contributed by atoms with Crippen LogP contribution in [0.4, 0.5) is 0 Å². The van der Waals surface area contributed by atoms with Crippen LogP contribution in [-0.4, -0.2) is 27.8 Å². The van der Waals surface area contributed by atoms with Gasteiger partial charge in [0.05, 0.1) is 5.69 Å². The van der Waals surface area contributed by atoms with Crippen LogP contribution in [0.15, 0.2) is 30.3 Å². The standard InChI is InChI=1S/C17H22N4O/c1-17(2,18)11-19-16(22)15-13-9-6-10-14(13)21(20-15)12-7-4-3-5-8-12/h3-5,7-8H,6,9-11,18H2,1-2H3,(H,19,22). The summed E-state index contributed by atoms with van der Waals surface area (Å²) in [6.07, 6.45) is 2.95. The maximum absolute atomic E-state index is 12.5. The Morgan fingerprint density at radius 1 is 1.32 bits per heavy atom. The molecular weight excluding hydrogens is 276 g/mol. The van der Waals surface area contributed by atoms with Gasteiger partial charge in [0.2, 0.25) is 0 Å². The zero-order valence-electron chi connectivity index (χ0n) is 13.1. The lowest BCUT2D eigenvalue weighted by molar-refractivity contribution is 0.0939. The first-order valence-corrected chi connectivity index (χ1v) is 7.69. The number of aromatic nitrogens is 2. The zero-order chi connectivity index (χ0) is 15.7. The lowest BCUT2D eigenvalue weighted by atomic mass is 10.1. The van der Waals surface area contributed by atoms with Crippen LogP contribution in [0, 0.1) is 0 Å². The van der Waals surface area contributed by atoms with E-state index in [9.17, 15) is 4.79 Å². The molecular formula is C17H22N4O. The molecule has 0 saturated carbocycles. The van der Waals surface area contributed by atoms with E-state index in [1.54, 1.807) is 0 Å². The van der Waals surface area contributed by atoms with E-state index in [0.29, 0.717) is 12.2 Å². The van der Waals surface area contributed by atoms with E-state index in [4.69, 9.17) is 5.73 Å². The number of nitrogens with zero attached hydrogens (tertiary/aromatic N) is 2. The summed E-state index contributed by atoms with van der Waals surface area (Å²) in [6.45, 7) is 4.21. The number of para-hydroxylation sites is 1. The van der Waals surface area contributed by atoms with Crippen molar-refractivity contribution in [2.24, 2.45) is 5.73 Å². The summed E-state index contributed by atoms with van der Waals surface area (Å²) in [5.41, 5.74) is 9.28. The van der Waals surface area contributed by atoms with Crippen LogP contribution in [0.3, 0.4) is 0 Å². The number of carbonyl (C=O) groups excluding carboxylic acids is 1. The largest absolute Gasteiger partial charge is 0.349 e. The van der Waals surface area contributed by atoms with Gasteiger partial charge in [-0.1, -0.05) is 18.2 Å². The molecule has 1 heterocycles. The van der Waals surface area contributed by atoms with E-state index in [2.05, 4.69) is 10.4 Å². The van der Waals surface area contributed by atoms with Gasteiger partial charge in [0.25, 0.3) is 5.91 Å². The van der Waals surface area contributed by atoms with Crippen LogP contribution in [-0.2, 0) is 12.8 Å². The second-order valence-corrected chi connectivity index (χ2v) is 6.55. The van der Waals surface area contributed by atoms with Gasteiger partial charge in [-0.05, 0) is 45.2 Å². The SMILES string of the molecule is CC(C)(N)CNC(=O)c1nn(-c2ccccc2)c2c1CCC2. The molecule has 3 rings (SSSR count). The number of amides is 1. The first-order valence-electron chi connectivity index (χ1n) is 7.69. The molecule has 0 unspecified atom stereocenters. The molecule has 116 valence electrons. The average Bonchev–Trinajstić information content (AvgIpc) is 3.06. The summed E-state index contributed by atoms with van der Waals surface area (Å²) in [5.74, 6) is -0.133. The molecule has 1 aromatic carbocycles. The number of rotatable bonds is 4. The van der Waals surface area contributed by atoms with E-state index in [1.807, 2.05) is 48.9 Å². The van der Waals surface area contributed by atoms with E-state index in [1.165, 1.54) is 0 Å². The van der Waals surface area contributed by atoms with Crippen molar-refractivity contribution >= 4 is 5.91 Å². The second kappa shape index (κ2) is 5.57. The van der Waals surface area contributed by atoms with Gasteiger partial charge >= 0.3 is 0 Å². The molecule has 0 atom stereocenters. The number of hydrogen-bond acceptors (Lipinski definition) is 3. The fourth-order valence-electron chi connectivity index (χ4n) is 2.79. The van der Waals surface area contributed by atoms with Gasteiger partial charge in [-0.15, -0.1) is 0 Å². The molecule has 0 fully saturated rings. The Balaban J connectivity index is 1.92. The molecule has 22 heavy (non-hydrogen) atoms. The van der Waals surface area contributed by atoms with Crippen molar-refractivity contribution in [3.63, 3.8) is 0 Å². The Morgan fingerprint density at radius 2 is 2.05 bits per heavy atom. The fraction of sp³-hybridized carbons (Fsp3) is 0.412. The summed E-state index contributed by atoms with van der Waals surface area (Å²) >= 11 is 0. The summed E-state index contributed by atoms with van der Waals surface area (Å²) < 4.78 is 1.91. The number of benzene rings is 1. The average molecular weight is 298 g/mol. The van der Waals surface area contributed by atoms with E-state index in [0.717, 1.165) is 36.2 Å². The lowest BCUT2D eigenvalue weighted by Gasteiger charge is -2.18. The van der Waals surface area contributed by atoms with Gasteiger partial charge in [-0.25, -0.2) is 4.68 Å². The third-order valence-electron chi connectivity index (χ3n) is 3.85. The van der Waals surface area contributed by atoms with Gasteiger partial charge in [0.15, 0.2) is 5.69 Å². The Hall–Kier alpha value is -2.14. The first kappa shape index (κ1) is 14.8. The maximum atomic E-state index is 12.5. The normalized spacial score (nSPS) is 14.0. The van der Waals surface area contributed by atoms with Crippen molar-refractivity contribution in [1.82, 2.24) is 15.1 Å². The minimum Gasteiger partial charge on any atom is -0.349 e. The van der Waals surface area contributed by atoms with Crippen molar-refractivity contribution in [2.45, 2.75) is 38.6 Å². The minimum atomic E-state index is -0.430. The van der Waals surface area contributed by atoms with Crippen molar-refractivity contribution in [1.29, 1.82) is 0 Å². The minimum absolute atomic E-state index is 0.133. The summed E-state index contributed by atoms with van der Waals surface area (Å²) in [5, 5.41) is 7.46. The van der Waals surface area contributed by atoms with Gasteiger partial charge in [0, 0.05) is 23.3 Å². The van der Waals surface area contributed by atoms with Crippen molar-refractivity contribution in [2.75, 3.05) is 6.54 Å². The number of nitrogens with two attached hydrogens (primary N) is 1. The molecule has 5 nitrogen and oxygen atoms in total. The van der Waals surface area contributed by atoms with Crippen LogP contribution < -0.4 is 11.1 Å². The van der Waals surface area contributed by atoms with Crippen LogP contribution in [0.25, 0.3) is 5.69 Å². The predicted molar refractivity (Wildman–Crippen MR) is 86.2 cm³/mol. The molecule has 0 radical (unpaired) electrons. The number of hydrogen-bond donors (Lipinski definition) is 2. The summed E-state index contributed by atoms with van der Waals surface area (Å²) in [4.78, 5) is 12.5. The molecule has 1 amide bonds. The van der Waals surface area contributed by atoms with Gasteiger partial charge < -0.3 is 11.1 Å². The molecule has 5 heteroatoms. The lowest BCUT2D eigenvalue weighted by Crippen LogP contribution is -2.45. The van der Waals surface area contributed by atoms with Gasteiger partial charge in [-0.3, -0.25) is 4.79 Å². The quantitative estimate of drug-likeness (QED) is 0.904. The highest BCUT2D eigenvalue weighted by molar-refractivity contribution is 5.94. The molecule has 0 bridgehead atoms. The highest BCUT2D eigenvalue weighted by Crippen LogP contribution is 2.27. The number of nitrogens with one attached hydrogen (secondary N) is 1. The fourth-order valence-corrected chi connectivity index (χ4v) is 2.79. The highest BCUT2D eigenvalue weighted by Gasteiger charge is 2.27. The number of carbonyl (C=O) groups is 1.